The van der Waals surface area contributed by atoms with Crippen LogP contribution in [0.1, 0.15) is 0 Å². The van der Waals surface area contributed by atoms with Crippen LogP contribution in [0.3, 0.4) is 0 Å². The van der Waals surface area contributed by atoms with Gasteiger partial charge in [-0.25, -0.2) is 4.98 Å². The van der Waals surface area contributed by atoms with E-state index in [1.807, 2.05) is 72.8 Å². The van der Waals surface area contributed by atoms with Gasteiger partial charge in [0.2, 0.25) is 11.8 Å². The van der Waals surface area contributed by atoms with Crippen LogP contribution in [0.15, 0.2) is 108 Å². The molecule has 4 nitrogen and oxygen atoms in total. The van der Waals surface area contributed by atoms with E-state index in [9.17, 15) is 0 Å². The molecular formula is C27H17N3O. The van der Waals surface area contributed by atoms with Gasteiger partial charge in [0.05, 0.1) is 16.8 Å². The van der Waals surface area contributed by atoms with E-state index in [1.54, 1.807) is 0 Å². The standard InChI is InChI=1S/C27H17N3O/c1-2-10-19(11-3-1)25-17-23(21-14-6-7-16-24(21)28-25)27-30-29-26(31-27)22-15-8-12-18-9-4-5-13-20(18)22/h1-17H. The number of aromatic nitrogens is 3. The molecule has 0 N–H and O–H groups in total. The molecule has 0 unspecified atom stereocenters. The van der Waals surface area contributed by atoms with Crippen LogP contribution in [0.4, 0.5) is 0 Å². The Bertz CT molecular complexity index is 1530. The first-order chi connectivity index (χ1) is 15.4. The summed E-state index contributed by atoms with van der Waals surface area (Å²) in [5.74, 6) is 0.993. The molecule has 0 saturated carbocycles. The van der Waals surface area contributed by atoms with E-state index < -0.39 is 0 Å². The Balaban J connectivity index is 1.54. The Labute approximate surface area is 178 Å². The highest BCUT2D eigenvalue weighted by Gasteiger charge is 2.17. The molecule has 0 fully saturated rings. The van der Waals surface area contributed by atoms with Crippen LogP contribution in [-0.2, 0) is 0 Å². The van der Waals surface area contributed by atoms with Crippen LogP contribution in [0.5, 0.6) is 0 Å². The van der Waals surface area contributed by atoms with E-state index in [4.69, 9.17) is 9.40 Å². The maximum atomic E-state index is 6.21. The predicted molar refractivity (Wildman–Crippen MR) is 123 cm³/mol. The lowest BCUT2D eigenvalue weighted by Gasteiger charge is -2.07. The van der Waals surface area contributed by atoms with Crippen LogP contribution in [0.25, 0.3) is 55.8 Å². The monoisotopic (exact) mass is 399 g/mol. The minimum atomic E-state index is 0.485. The second kappa shape index (κ2) is 7.18. The van der Waals surface area contributed by atoms with Crippen molar-refractivity contribution in [1.82, 2.24) is 15.2 Å². The highest BCUT2D eigenvalue weighted by molar-refractivity contribution is 5.96. The fourth-order valence-electron chi connectivity index (χ4n) is 3.96. The number of hydrogen-bond acceptors (Lipinski definition) is 4. The van der Waals surface area contributed by atoms with Gasteiger partial charge in [-0.15, -0.1) is 10.2 Å². The molecule has 0 spiro atoms. The van der Waals surface area contributed by atoms with Gasteiger partial charge in [0, 0.05) is 16.5 Å². The fourth-order valence-corrected chi connectivity index (χ4v) is 3.96. The van der Waals surface area contributed by atoms with E-state index in [1.165, 1.54) is 0 Å². The van der Waals surface area contributed by atoms with E-state index in [0.29, 0.717) is 11.8 Å². The van der Waals surface area contributed by atoms with Crippen molar-refractivity contribution in [3.8, 4) is 34.2 Å². The molecule has 4 aromatic carbocycles. The number of pyridine rings is 1. The molecule has 0 aliphatic carbocycles. The largest absolute Gasteiger partial charge is 0.416 e. The van der Waals surface area contributed by atoms with Gasteiger partial charge in [-0.2, -0.15) is 0 Å². The smallest absolute Gasteiger partial charge is 0.248 e. The Morgan fingerprint density at radius 3 is 2.10 bits per heavy atom. The Kier molecular flexibility index (Phi) is 4.06. The first-order valence-electron chi connectivity index (χ1n) is 10.1. The molecular weight excluding hydrogens is 382 g/mol. The van der Waals surface area contributed by atoms with Gasteiger partial charge in [-0.1, -0.05) is 84.9 Å². The van der Waals surface area contributed by atoms with Crippen molar-refractivity contribution in [3.05, 3.63) is 103 Å². The highest BCUT2D eigenvalue weighted by Crippen LogP contribution is 2.34. The molecule has 0 radical (unpaired) electrons. The Morgan fingerprint density at radius 2 is 1.23 bits per heavy atom. The lowest BCUT2D eigenvalue weighted by atomic mass is 10.0. The van der Waals surface area contributed by atoms with Gasteiger partial charge in [-0.05, 0) is 29.0 Å². The highest BCUT2D eigenvalue weighted by atomic mass is 16.4. The third-order valence-corrected chi connectivity index (χ3v) is 5.46. The van der Waals surface area contributed by atoms with Crippen molar-refractivity contribution >= 4 is 21.7 Å². The number of rotatable bonds is 3. The summed E-state index contributed by atoms with van der Waals surface area (Å²) in [4.78, 5) is 4.85. The second-order valence-electron chi connectivity index (χ2n) is 7.38. The zero-order valence-electron chi connectivity index (χ0n) is 16.6. The number of nitrogens with zero attached hydrogens (tertiary/aromatic N) is 3. The summed E-state index contributed by atoms with van der Waals surface area (Å²) < 4.78 is 6.21. The summed E-state index contributed by atoms with van der Waals surface area (Å²) in [7, 11) is 0. The van der Waals surface area contributed by atoms with Crippen LogP contribution < -0.4 is 0 Å². The van der Waals surface area contributed by atoms with Gasteiger partial charge in [0.15, 0.2) is 0 Å². The van der Waals surface area contributed by atoms with Gasteiger partial charge in [0.1, 0.15) is 0 Å². The molecule has 6 rings (SSSR count). The molecule has 0 aliphatic heterocycles. The lowest BCUT2D eigenvalue weighted by Crippen LogP contribution is -1.89. The van der Waals surface area contributed by atoms with Crippen LogP contribution in [0, 0.1) is 0 Å². The maximum absolute atomic E-state index is 6.21. The zero-order valence-corrected chi connectivity index (χ0v) is 16.6. The molecule has 31 heavy (non-hydrogen) atoms. The fraction of sp³-hybridized carbons (Fsp3) is 0. The summed E-state index contributed by atoms with van der Waals surface area (Å²) in [5, 5.41) is 12.0. The molecule has 4 heteroatoms. The zero-order chi connectivity index (χ0) is 20.6. The average Bonchev–Trinajstić information content (AvgIpc) is 3.33. The summed E-state index contributed by atoms with van der Waals surface area (Å²) in [5.41, 5.74) is 4.62. The summed E-state index contributed by atoms with van der Waals surface area (Å²) >= 11 is 0. The van der Waals surface area contributed by atoms with Crippen molar-refractivity contribution in [2.75, 3.05) is 0 Å². The van der Waals surface area contributed by atoms with E-state index in [0.717, 1.165) is 44.1 Å². The third-order valence-electron chi connectivity index (χ3n) is 5.46. The Hall–Kier alpha value is -4.31. The summed E-state index contributed by atoms with van der Waals surface area (Å²) in [6, 6.07) is 34.5. The predicted octanol–water partition coefficient (Wildman–Crippen LogP) is 6.77. The van der Waals surface area contributed by atoms with Crippen molar-refractivity contribution < 1.29 is 4.42 Å². The molecule has 146 valence electrons. The Morgan fingerprint density at radius 1 is 0.548 bits per heavy atom. The van der Waals surface area contributed by atoms with Crippen LogP contribution >= 0.6 is 0 Å². The number of benzene rings is 4. The topological polar surface area (TPSA) is 51.8 Å². The van der Waals surface area contributed by atoms with Gasteiger partial charge in [-0.3, -0.25) is 0 Å². The first-order valence-corrected chi connectivity index (χ1v) is 10.1. The van der Waals surface area contributed by atoms with Crippen molar-refractivity contribution in [2.45, 2.75) is 0 Å². The first kappa shape index (κ1) is 17.5. The molecule has 2 heterocycles. The summed E-state index contributed by atoms with van der Waals surface area (Å²) in [6.07, 6.45) is 0. The van der Waals surface area contributed by atoms with E-state index in [2.05, 4.69) is 40.5 Å². The van der Waals surface area contributed by atoms with Gasteiger partial charge < -0.3 is 4.42 Å². The minimum Gasteiger partial charge on any atom is -0.416 e. The molecule has 0 aliphatic rings. The molecule has 0 amide bonds. The van der Waals surface area contributed by atoms with Crippen molar-refractivity contribution in [1.29, 1.82) is 0 Å². The number of hydrogen-bond donors (Lipinski definition) is 0. The van der Waals surface area contributed by atoms with Crippen molar-refractivity contribution in [2.24, 2.45) is 0 Å². The van der Waals surface area contributed by atoms with Crippen LogP contribution in [0.2, 0.25) is 0 Å². The molecule has 0 bridgehead atoms. The normalized spacial score (nSPS) is 11.2. The third kappa shape index (κ3) is 3.06. The molecule has 2 aromatic heterocycles. The van der Waals surface area contributed by atoms with Crippen molar-refractivity contribution in [3.63, 3.8) is 0 Å². The molecule has 6 aromatic rings. The minimum absolute atomic E-state index is 0.485. The SMILES string of the molecule is c1ccc(-c2cc(-c3nnc(-c4cccc5ccccc45)o3)c3ccccc3n2)cc1. The molecule has 0 saturated heterocycles. The quantitative estimate of drug-likeness (QED) is 0.329. The summed E-state index contributed by atoms with van der Waals surface area (Å²) in [6.45, 7) is 0. The number of fused-ring (bicyclic) bond motifs is 2. The molecule has 0 atom stereocenters. The number of para-hydroxylation sites is 1. The van der Waals surface area contributed by atoms with E-state index >= 15 is 0 Å². The maximum Gasteiger partial charge on any atom is 0.248 e. The van der Waals surface area contributed by atoms with Gasteiger partial charge in [0.25, 0.3) is 0 Å². The lowest BCUT2D eigenvalue weighted by molar-refractivity contribution is 0.586. The second-order valence-corrected chi connectivity index (χ2v) is 7.38. The van der Waals surface area contributed by atoms with Crippen LogP contribution in [-0.4, -0.2) is 15.2 Å². The van der Waals surface area contributed by atoms with Gasteiger partial charge >= 0.3 is 0 Å². The van der Waals surface area contributed by atoms with E-state index in [-0.39, 0.29) is 0 Å². The average molecular weight is 399 g/mol.